The third-order valence-corrected chi connectivity index (χ3v) is 5.21. The number of ether oxygens (including phenoxy) is 1. The van der Waals surface area contributed by atoms with E-state index in [-0.39, 0.29) is 4.90 Å². The van der Waals surface area contributed by atoms with Gasteiger partial charge in [-0.25, -0.2) is 13.6 Å². The van der Waals surface area contributed by atoms with Gasteiger partial charge in [0.05, 0.1) is 4.90 Å². The summed E-state index contributed by atoms with van der Waals surface area (Å²) in [5, 5.41) is 8.39. The summed E-state index contributed by atoms with van der Waals surface area (Å²) in [7, 11) is -3.68. The number of aryl methyl sites for hydroxylation is 1. The van der Waals surface area contributed by atoms with Crippen LogP contribution >= 0.6 is 0 Å². The van der Waals surface area contributed by atoms with E-state index in [9.17, 15) is 8.42 Å². The van der Waals surface area contributed by atoms with Crippen molar-refractivity contribution in [2.75, 3.05) is 5.32 Å². The van der Waals surface area contributed by atoms with Gasteiger partial charge in [-0.2, -0.15) is 0 Å². The SMILES string of the molecule is Cc1ccccc1COc1ccccc1CNc1ccc(S(N)(=O)=O)cc1. The molecule has 0 unspecified atom stereocenters. The number of hydrogen-bond donors (Lipinski definition) is 2. The van der Waals surface area contributed by atoms with Crippen molar-refractivity contribution in [3.63, 3.8) is 0 Å². The Hall–Kier alpha value is -2.83. The summed E-state index contributed by atoms with van der Waals surface area (Å²) in [5.74, 6) is 0.814. The monoisotopic (exact) mass is 382 g/mol. The van der Waals surface area contributed by atoms with Crippen molar-refractivity contribution >= 4 is 15.7 Å². The summed E-state index contributed by atoms with van der Waals surface area (Å²) >= 11 is 0. The van der Waals surface area contributed by atoms with E-state index >= 15 is 0 Å². The van der Waals surface area contributed by atoms with Gasteiger partial charge in [0.25, 0.3) is 0 Å². The Bertz CT molecular complexity index is 1020. The van der Waals surface area contributed by atoms with E-state index in [0.29, 0.717) is 13.2 Å². The molecule has 3 rings (SSSR count). The quantitative estimate of drug-likeness (QED) is 0.651. The zero-order valence-electron chi connectivity index (χ0n) is 15.1. The Kier molecular flexibility index (Phi) is 5.78. The van der Waals surface area contributed by atoms with E-state index in [1.54, 1.807) is 12.1 Å². The van der Waals surface area contributed by atoms with Crippen LogP contribution in [0.4, 0.5) is 5.69 Å². The van der Waals surface area contributed by atoms with E-state index in [1.807, 2.05) is 36.4 Å². The number of benzene rings is 3. The maximum absolute atomic E-state index is 11.3. The minimum Gasteiger partial charge on any atom is -0.489 e. The molecule has 6 heteroatoms. The molecule has 5 nitrogen and oxygen atoms in total. The van der Waals surface area contributed by atoms with E-state index < -0.39 is 10.0 Å². The molecule has 140 valence electrons. The lowest BCUT2D eigenvalue weighted by Gasteiger charge is -2.14. The highest BCUT2D eigenvalue weighted by Gasteiger charge is 2.08. The number of nitrogens with two attached hydrogens (primary N) is 1. The van der Waals surface area contributed by atoms with Gasteiger partial charge < -0.3 is 10.1 Å². The molecule has 0 amide bonds. The molecule has 27 heavy (non-hydrogen) atoms. The minimum atomic E-state index is -3.68. The van der Waals surface area contributed by atoms with Crippen molar-refractivity contribution in [2.24, 2.45) is 5.14 Å². The van der Waals surface area contributed by atoms with E-state index in [1.165, 1.54) is 17.7 Å². The Morgan fingerprint density at radius 1 is 0.889 bits per heavy atom. The molecule has 3 aromatic carbocycles. The van der Waals surface area contributed by atoms with Crippen LogP contribution in [0, 0.1) is 6.92 Å². The van der Waals surface area contributed by atoms with Crippen molar-refractivity contribution < 1.29 is 13.2 Å². The predicted molar refractivity (Wildman–Crippen MR) is 107 cm³/mol. The number of sulfonamides is 1. The molecule has 0 radical (unpaired) electrons. The molecule has 0 spiro atoms. The van der Waals surface area contributed by atoms with Gasteiger partial charge in [-0.3, -0.25) is 0 Å². The molecule has 0 fully saturated rings. The van der Waals surface area contributed by atoms with Crippen LogP contribution in [0.15, 0.2) is 77.7 Å². The van der Waals surface area contributed by atoms with E-state index in [4.69, 9.17) is 9.88 Å². The van der Waals surface area contributed by atoms with Crippen LogP contribution in [0.5, 0.6) is 5.75 Å². The maximum Gasteiger partial charge on any atom is 0.238 e. The van der Waals surface area contributed by atoms with Crippen molar-refractivity contribution in [3.8, 4) is 5.75 Å². The molecule has 0 heterocycles. The summed E-state index contributed by atoms with van der Waals surface area (Å²) in [6, 6.07) is 22.3. The molecule has 3 aromatic rings. The molecule has 0 aliphatic rings. The summed E-state index contributed by atoms with van der Waals surface area (Å²) in [4.78, 5) is 0.0926. The van der Waals surface area contributed by atoms with Gasteiger partial charge in [0.2, 0.25) is 10.0 Å². The molecule has 0 atom stereocenters. The lowest BCUT2D eigenvalue weighted by molar-refractivity contribution is 0.302. The van der Waals surface area contributed by atoms with Crippen molar-refractivity contribution in [1.29, 1.82) is 0 Å². The highest BCUT2D eigenvalue weighted by molar-refractivity contribution is 7.89. The van der Waals surface area contributed by atoms with Crippen LogP contribution in [0.2, 0.25) is 0 Å². The van der Waals surface area contributed by atoms with Gasteiger partial charge in [-0.1, -0.05) is 42.5 Å². The zero-order chi connectivity index (χ0) is 19.3. The molecule has 0 aliphatic heterocycles. The van der Waals surface area contributed by atoms with Crippen LogP contribution in [-0.2, 0) is 23.2 Å². The number of nitrogens with one attached hydrogen (secondary N) is 1. The van der Waals surface area contributed by atoms with Gasteiger partial charge in [0.1, 0.15) is 12.4 Å². The molecular formula is C21H22N2O3S. The van der Waals surface area contributed by atoms with Crippen LogP contribution in [-0.4, -0.2) is 8.42 Å². The summed E-state index contributed by atoms with van der Waals surface area (Å²) in [6.45, 7) is 3.13. The average molecular weight is 382 g/mol. The first-order valence-corrected chi connectivity index (χ1v) is 10.1. The molecule has 3 N–H and O–H groups in total. The first-order chi connectivity index (χ1) is 12.9. The second-order valence-electron chi connectivity index (χ2n) is 6.25. The number of primary sulfonamides is 1. The molecule has 0 saturated heterocycles. The molecule has 0 bridgehead atoms. The van der Waals surface area contributed by atoms with Crippen LogP contribution in [0.1, 0.15) is 16.7 Å². The topological polar surface area (TPSA) is 81.4 Å². The Morgan fingerprint density at radius 2 is 1.52 bits per heavy atom. The number of anilines is 1. The fourth-order valence-corrected chi connectivity index (χ4v) is 3.19. The molecule has 0 aromatic heterocycles. The van der Waals surface area contributed by atoms with Gasteiger partial charge >= 0.3 is 0 Å². The number of hydrogen-bond acceptors (Lipinski definition) is 4. The summed E-state index contributed by atoms with van der Waals surface area (Å²) in [5.41, 5.74) is 4.17. The Labute approximate surface area is 159 Å². The highest BCUT2D eigenvalue weighted by Crippen LogP contribution is 2.22. The average Bonchev–Trinajstić information content (AvgIpc) is 2.66. The normalized spacial score (nSPS) is 11.2. The Morgan fingerprint density at radius 3 is 2.19 bits per heavy atom. The standard InChI is InChI=1S/C21H22N2O3S/c1-16-6-2-3-8-18(16)15-26-21-9-5-4-7-17(21)14-23-19-10-12-20(13-11-19)27(22,24)25/h2-13,23H,14-15H2,1H3,(H2,22,24,25). The van der Waals surface area contributed by atoms with Gasteiger partial charge in [0.15, 0.2) is 0 Å². The van der Waals surface area contributed by atoms with Crippen molar-refractivity contribution in [1.82, 2.24) is 0 Å². The third-order valence-electron chi connectivity index (χ3n) is 4.28. The van der Waals surface area contributed by atoms with Crippen molar-refractivity contribution in [2.45, 2.75) is 25.0 Å². The fourth-order valence-electron chi connectivity index (χ4n) is 2.68. The fraction of sp³-hybridized carbons (Fsp3) is 0.143. The minimum absolute atomic E-state index is 0.0926. The summed E-state index contributed by atoms with van der Waals surface area (Å²) < 4.78 is 28.7. The highest BCUT2D eigenvalue weighted by atomic mass is 32.2. The molecular weight excluding hydrogens is 360 g/mol. The second kappa shape index (κ2) is 8.24. The van der Waals surface area contributed by atoms with E-state index in [2.05, 4.69) is 24.4 Å². The Balaban J connectivity index is 1.66. The summed E-state index contributed by atoms with van der Waals surface area (Å²) in [6.07, 6.45) is 0. The zero-order valence-corrected chi connectivity index (χ0v) is 15.9. The van der Waals surface area contributed by atoms with Gasteiger partial charge in [0, 0.05) is 17.8 Å². The molecule has 0 saturated carbocycles. The largest absolute Gasteiger partial charge is 0.489 e. The van der Waals surface area contributed by atoms with E-state index in [0.717, 1.165) is 22.6 Å². The predicted octanol–water partition coefficient (Wildman–Crippen LogP) is 3.83. The number of rotatable bonds is 7. The maximum atomic E-state index is 11.3. The van der Waals surface area contributed by atoms with Crippen molar-refractivity contribution in [3.05, 3.63) is 89.5 Å². The molecule has 0 aliphatic carbocycles. The lowest BCUT2D eigenvalue weighted by Crippen LogP contribution is -2.12. The number of para-hydroxylation sites is 1. The van der Waals surface area contributed by atoms with Gasteiger partial charge in [-0.05, 0) is 48.4 Å². The smallest absolute Gasteiger partial charge is 0.238 e. The van der Waals surface area contributed by atoms with Gasteiger partial charge in [-0.15, -0.1) is 0 Å². The van der Waals surface area contributed by atoms with Crippen LogP contribution < -0.4 is 15.2 Å². The van der Waals surface area contributed by atoms with Crippen LogP contribution in [0.3, 0.4) is 0 Å². The first kappa shape index (κ1) is 18.9. The lowest BCUT2D eigenvalue weighted by atomic mass is 10.1. The second-order valence-corrected chi connectivity index (χ2v) is 7.81. The third kappa shape index (κ3) is 5.09. The van der Waals surface area contributed by atoms with Crippen LogP contribution in [0.25, 0.3) is 0 Å². The first-order valence-electron chi connectivity index (χ1n) is 8.55.